The Morgan fingerprint density at radius 1 is 1.62 bits per heavy atom. The molecule has 0 N–H and O–H groups in total. The predicted molar refractivity (Wildman–Crippen MR) is 43.0 cm³/mol. The summed E-state index contributed by atoms with van der Waals surface area (Å²) in [7, 11) is 0. The Balaban J connectivity index is 2.23. The van der Waals surface area contributed by atoms with Gasteiger partial charge in [-0.1, -0.05) is 0 Å². The number of hydrogen-bond donors (Lipinski definition) is 0. The molecule has 0 unspecified atom stereocenters. The van der Waals surface area contributed by atoms with Gasteiger partial charge in [-0.25, -0.2) is 0 Å². The Morgan fingerprint density at radius 3 is 3.00 bits per heavy atom. The van der Waals surface area contributed by atoms with Crippen molar-refractivity contribution in [2.45, 2.75) is 6.42 Å². The van der Waals surface area contributed by atoms with Crippen molar-refractivity contribution in [3.8, 4) is 0 Å². The Kier molecular flexibility index (Phi) is 1.70. The fourth-order valence-corrected chi connectivity index (χ4v) is 1.02. The van der Waals surface area contributed by atoms with E-state index in [1.807, 2.05) is 0 Å². The quantitative estimate of drug-likeness (QED) is 0.592. The van der Waals surface area contributed by atoms with Crippen molar-refractivity contribution >= 4 is 18.0 Å². The van der Waals surface area contributed by atoms with Gasteiger partial charge in [-0.2, -0.15) is 10.1 Å². The van der Waals surface area contributed by atoms with Crippen LogP contribution in [0.4, 0.5) is 0 Å². The molecule has 0 radical (unpaired) electrons. The van der Waals surface area contributed by atoms with Crippen LogP contribution in [0.25, 0.3) is 0 Å². The molecule has 0 atom stereocenters. The van der Waals surface area contributed by atoms with Crippen LogP contribution in [0.3, 0.4) is 0 Å². The zero-order valence-electron chi connectivity index (χ0n) is 6.64. The van der Waals surface area contributed by atoms with Crippen LogP contribution in [0.2, 0.25) is 0 Å². The van der Waals surface area contributed by atoms with E-state index >= 15 is 0 Å². The van der Waals surface area contributed by atoms with E-state index in [1.165, 1.54) is 18.5 Å². The SMILES string of the molecule is O=C1CC=NN1C(=O)c1ccco1. The average molecular weight is 178 g/mol. The molecule has 0 fully saturated rings. The van der Waals surface area contributed by atoms with Crippen molar-refractivity contribution in [2.24, 2.45) is 5.10 Å². The highest BCUT2D eigenvalue weighted by Gasteiger charge is 2.26. The Morgan fingerprint density at radius 2 is 2.46 bits per heavy atom. The van der Waals surface area contributed by atoms with E-state index in [-0.39, 0.29) is 18.1 Å². The van der Waals surface area contributed by atoms with Gasteiger partial charge in [0.1, 0.15) is 0 Å². The van der Waals surface area contributed by atoms with Crippen molar-refractivity contribution in [3.63, 3.8) is 0 Å². The first kappa shape index (κ1) is 7.72. The van der Waals surface area contributed by atoms with Gasteiger partial charge in [-0.3, -0.25) is 9.59 Å². The van der Waals surface area contributed by atoms with Gasteiger partial charge in [-0.15, -0.1) is 0 Å². The summed E-state index contributed by atoms with van der Waals surface area (Å²) in [6.45, 7) is 0. The second kappa shape index (κ2) is 2.85. The zero-order valence-corrected chi connectivity index (χ0v) is 6.64. The summed E-state index contributed by atoms with van der Waals surface area (Å²) in [5, 5.41) is 4.43. The maximum Gasteiger partial charge on any atom is 0.316 e. The molecular weight excluding hydrogens is 172 g/mol. The molecular formula is C8H6N2O3. The van der Waals surface area contributed by atoms with E-state index in [1.54, 1.807) is 6.07 Å². The lowest BCUT2D eigenvalue weighted by Gasteiger charge is -2.06. The fourth-order valence-electron chi connectivity index (χ4n) is 1.02. The summed E-state index contributed by atoms with van der Waals surface area (Å²) < 4.78 is 4.84. The molecule has 0 spiro atoms. The molecule has 2 rings (SSSR count). The molecule has 0 bridgehead atoms. The van der Waals surface area contributed by atoms with Crippen LogP contribution in [-0.4, -0.2) is 23.0 Å². The zero-order chi connectivity index (χ0) is 9.26. The number of nitrogens with zero attached hydrogens (tertiary/aromatic N) is 2. The van der Waals surface area contributed by atoms with Crippen molar-refractivity contribution in [3.05, 3.63) is 24.2 Å². The molecule has 0 aliphatic carbocycles. The van der Waals surface area contributed by atoms with Crippen molar-refractivity contribution in [1.82, 2.24) is 5.01 Å². The maximum atomic E-state index is 11.4. The summed E-state index contributed by atoms with van der Waals surface area (Å²) in [6.07, 6.45) is 2.94. The summed E-state index contributed by atoms with van der Waals surface area (Å²) in [4.78, 5) is 22.5. The molecule has 13 heavy (non-hydrogen) atoms. The van der Waals surface area contributed by atoms with Crippen molar-refractivity contribution in [1.29, 1.82) is 0 Å². The maximum absolute atomic E-state index is 11.4. The largest absolute Gasteiger partial charge is 0.459 e. The molecule has 0 saturated heterocycles. The molecule has 1 aliphatic heterocycles. The molecule has 2 heterocycles. The van der Waals surface area contributed by atoms with Gasteiger partial charge in [-0.05, 0) is 12.1 Å². The smallest absolute Gasteiger partial charge is 0.316 e. The van der Waals surface area contributed by atoms with E-state index in [2.05, 4.69) is 5.10 Å². The van der Waals surface area contributed by atoms with Crippen LogP contribution in [0.15, 0.2) is 27.9 Å². The van der Waals surface area contributed by atoms with Gasteiger partial charge in [0.25, 0.3) is 5.91 Å². The van der Waals surface area contributed by atoms with Crippen molar-refractivity contribution < 1.29 is 14.0 Å². The lowest BCUT2D eigenvalue weighted by Crippen LogP contribution is -2.27. The summed E-state index contributed by atoms with van der Waals surface area (Å²) >= 11 is 0. The highest BCUT2D eigenvalue weighted by molar-refractivity contribution is 6.08. The third-order valence-corrected chi connectivity index (χ3v) is 1.62. The molecule has 1 aromatic heterocycles. The van der Waals surface area contributed by atoms with Crippen LogP contribution in [-0.2, 0) is 4.79 Å². The molecule has 0 saturated carbocycles. The Bertz CT molecular complexity index is 367. The number of imide groups is 1. The number of amides is 2. The molecule has 2 amide bonds. The first-order valence-electron chi connectivity index (χ1n) is 3.72. The standard InChI is InChI=1S/C8H6N2O3/c11-7-3-4-9-10(7)8(12)6-2-1-5-13-6/h1-2,4-5H,3H2. The summed E-state index contributed by atoms with van der Waals surface area (Å²) in [5.41, 5.74) is 0. The van der Waals surface area contributed by atoms with Gasteiger partial charge in [0.2, 0.25) is 0 Å². The molecule has 5 nitrogen and oxygen atoms in total. The minimum atomic E-state index is -0.524. The molecule has 66 valence electrons. The number of carbonyl (C=O) groups excluding carboxylic acids is 2. The van der Waals surface area contributed by atoms with E-state index in [0.29, 0.717) is 0 Å². The lowest BCUT2D eigenvalue weighted by atomic mass is 10.4. The van der Waals surface area contributed by atoms with Crippen LogP contribution in [0.1, 0.15) is 17.0 Å². The second-order valence-electron chi connectivity index (χ2n) is 2.49. The number of rotatable bonds is 1. The molecule has 1 aliphatic rings. The van der Waals surface area contributed by atoms with Crippen molar-refractivity contribution in [2.75, 3.05) is 0 Å². The number of carbonyl (C=O) groups is 2. The highest BCUT2D eigenvalue weighted by Crippen LogP contribution is 2.10. The average Bonchev–Trinajstić information content (AvgIpc) is 2.72. The second-order valence-corrected chi connectivity index (χ2v) is 2.49. The van der Waals surface area contributed by atoms with Gasteiger partial charge in [0.15, 0.2) is 5.76 Å². The summed E-state index contributed by atoms with van der Waals surface area (Å²) in [5.74, 6) is -0.738. The minimum absolute atomic E-state index is 0.118. The van der Waals surface area contributed by atoms with Gasteiger partial charge in [0.05, 0.1) is 12.7 Å². The Hall–Kier alpha value is -1.91. The van der Waals surface area contributed by atoms with Crippen LogP contribution < -0.4 is 0 Å². The van der Waals surface area contributed by atoms with Crippen LogP contribution in [0.5, 0.6) is 0 Å². The van der Waals surface area contributed by atoms with E-state index < -0.39 is 5.91 Å². The minimum Gasteiger partial charge on any atom is -0.459 e. The third kappa shape index (κ3) is 1.24. The topological polar surface area (TPSA) is 62.9 Å². The number of furan rings is 1. The summed E-state index contributed by atoms with van der Waals surface area (Å²) in [6, 6.07) is 3.07. The van der Waals surface area contributed by atoms with Crippen LogP contribution in [0, 0.1) is 0 Å². The van der Waals surface area contributed by atoms with Gasteiger partial charge >= 0.3 is 5.91 Å². The van der Waals surface area contributed by atoms with E-state index in [0.717, 1.165) is 5.01 Å². The highest BCUT2D eigenvalue weighted by atomic mass is 16.3. The van der Waals surface area contributed by atoms with Gasteiger partial charge in [0, 0.05) is 6.21 Å². The van der Waals surface area contributed by atoms with Gasteiger partial charge < -0.3 is 4.42 Å². The normalized spacial score (nSPS) is 15.4. The van der Waals surface area contributed by atoms with E-state index in [9.17, 15) is 9.59 Å². The third-order valence-electron chi connectivity index (χ3n) is 1.62. The number of hydrogen-bond acceptors (Lipinski definition) is 4. The first-order valence-corrected chi connectivity index (χ1v) is 3.72. The molecule has 1 aromatic rings. The predicted octanol–water partition coefficient (Wildman–Crippen LogP) is 0.638. The fraction of sp³-hybridized carbons (Fsp3) is 0.125. The van der Waals surface area contributed by atoms with E-state index in [4.69, 9.17) is 4.42 Å². The number of hydrazone groups is 1. The Labute approximate surface area is 73.6 Å². The van der Waals surface area contributed by atoms with Crippen LogP contribution >= 0.6 is 0 Å². The monoisotopic (exact) mass is 178 g/mol. The lowest BCUT2D eigenvalue weighted by molar-refractivity contribution is -0.126. The molecule has 0 aromatic carbocycles. The first-order chi connectivity index (χ1) is 6.29. The molecule has 5 heteroatoms.